The Morgan fingerprint density at radius 1 is 1.03 bits per heavy atom. The first kappa shape index (κ1) is 25.5. The molecule has 37 heavy (non-hydrogen) atoms. The molecule has 1 heterocycles. The maximum Gasteiger partial charge on any atom is 0.329 e. The molecule has 3 amide bonds. The average Bonchev–Trinajstić information content (AvgIpc) is 3.36. The summed E-state index contributed by atoms with van der Waals surface area (Å²) in [4.78, 5) is 36.3. The van der Waals surface area contributed by atoms with Crippen LogP contribution in [0, 0.1) is 6.92 Å². The van der Waals surface area contributed by atoms with Crippen LogP contribution in [0.4, 0.5) is 5.69 Å². The molecule has 0 aromatic heterocycles. The zero-order chi connectivity index (χ0) is 26.2. The Labute approximate surface area is 217 Å². The lowest BCUT2D eigenvalue weighted by atomic mass is 10.2. The molecular weight excluding hydrogens is 500 g/mol. The fourth-order valence-electron chi connectivity index (χ4n) is 3.28. The van der Waals surface area contributed by atoms with Crippen molar-refractivity contribution in [3.05, 3.63) is 82.4 Å². The Bertz CT molecular complexity index is 1360. The number of carbonyl (C=O) groups is 3. The second-order valence-electron chi connectivity index (χ2n) is 7.94. The summed E-state index contributed by atoms with van der Waals surface area (Å²) in [6.07, 6.45) is 1.35. The minimum atomic E-state index is -0.919. The topological polar surface area (TPSA) is 127 Å². The number of nitrogens with zero attached hydrogens (tertiary/aromatic N) is 1. The van der Waals surface area contributed by atoms with E-state index in [9.17, 15) is 14.4 Å². The van der Waals surface area contributed by atoms with Crippen molar-refractivity contribution in [3.63, 3.8) is 0 Å². The molecule has 0 radical (unpaired) electrons. The van der Waals surface area contributed by atoms with E-state index in [2.05, 4.69) is 21.2 Å². The van der Waals surface area contributed by atoms with Crippen molar-refractivity contribution < 1.29 is 28.6 Å². The molecule has 0 fully saturated rings. The van der Waals surface area contributed by atoms with Gasteiger partial charge in [-0.3, -0.25) is 14.4 Å². The van der Waals surface area contributed by atoms with Crippen molar-refractivity contribution in [1.29, 1.82) is 0 Å². The highest BCUT2D eigenvalue weighted by Gasteiger charge is 2.15. The smallest absolute Gasteiger partial charge is 0.329 e. The monoisotopic (exact) mass is 522 g/mol. The molecule has 1 aliphatic heterocycles. The Balaban J connectivity index is 1.22. The SMILES string of the molecule is Cc1ccc(Cl)cc1NC(=O)COc1cccc(/C=N\NC(=O)C(=O)NCc2ccc3c(c2)OCO3)c1. The Morgan fingerprint density at radius 2 is 1.86 bits per heavy atom. The summed E-state index contributed by atoms with van der Waals surface area (Å²) >= 11 is 5.98. The lowest BCUT2D eigenvalue weighted by molar-refractivity contribution is -0.139. The van der Waals surface area contributed by atoms with Crippen molar-refractivity contribution in [2.45, 2.75) is 13.5 Å². The van der Waals surface area contributed by atoms with E-state index >= 15 is 0 Å². The second-order valence-corrected chi connectivity index (χ2v) is 8.37. The van der Waals surface area contributed by atoms with Gasteiger partial charge in [-0.25, -0.2) is 5.43 Å². The fraction of sp³-hybridized carbons (Fsp3) is 0.154. The van der Waals surface area contributed by atoms with Crippen LogP contribution in [0.3, 0.4) is 0 Å². The molecule has 0 atom stereocenters. The number of amides is 3. The van der Waals surface area contributed by atoms with E-state index in [-0.39, 0.29) is 25.9 Å². The first-order valence-corrected chi connectivity index (χ1v) is 11.5. The summed E-state index contributed by atoms with van der Waals surface area (Å²) in [6, 6.07) is 17.2. The number of halogens is 1. The number of ether oxygens (including phenoxy) is 3. The van der Waals surface area contributed by atoms with Crippen LogP contribution in [-0.4, -0.2) is 37.3 Å². The lowest BCUT2D eigenvalue weighted by Crippen LogP contribution is -2.37. The number of aryl methyl sites for hydroxylation is 1. The highest BCUT2D eigenvalue weighted by molar-refractivity contribution is 6.35. The normalized spacial score (nSPS) is 11.7. The predicted octanol–water partition coefficient (Wildman–Crippen LogP) is 3.16. The molecule has 0 spiro atoms. The number of carbonyl (C=O) groups excluding carboxylic acids is 3. The summed E-state index contributed by atoms with van der Waals surface area (Å²) < 4.78 is 16.1. The van der Waals surface area contributed by atoms with E-state index in [0.29, 0.717) is 33.5 Å². The molecule has 0 unspecified atom stereocenters. The van der Waals surface area contributed by atoms with E-state index in [4.69, 9.17) is 25.8 Å². The van der Waals surface area contributed by atoms with Crippen LogP contribution >= 0.6 is 11.6 Å². The van der Waals surface area contributed by atoms with Gasteiger partial charge in [-0.2, -0.15) is 5.10 Å². The summed E-state index contributed by atoms with van der Waals surface area (Å²) in [6.45, 7) is 1.93. The number of fused-ring (bicyclic) bond motifs is 1. The van der Waals surface area contributed by atoms with Crippen molar-refractivity contribution in [3.8, 4) is 17.2 Å². The largest absolute Gasteiger partial charge is 0.484 e. The van der Waals surface area contributed by atoms with Crippen LogP contribution in [0.5, 0.6) is 17.2 Å². The van der Waals surface area contributed by atoms with Gasteiger partial charge in [0.05, 0.1) is 6.21 Å². The molecule has 3 N–H and O–H groups in total. The number of nitrogens with one attached hydrogen (secondary N) is 3. The third-order valence-corrected chi connectivity index (χ3v) is 5.41. The number of hydrogen-bond donors (Lipinski definition) is 3. The van der Waals surface area contributed by atoms with Gasteiger partial charge >= 0.3 is 11.8 Å². The van der Waals surface area contributed by atoms with Crippen LogP contribution in [0.25, 0.3) is 0 Å². The van der Waals surface area contributed by atoms with E-state index in [1.54, 1.807) is 54.6 Å². The van der Waals surface area contributed by atoms with Gasteiger partial charge in [-0.05, 0) is 60.0 Å². The van der Waals surface area contributed by atoms with Gasteiger partial charge in [0.15, 0.2) is 18.1 Å². The molecule has 3 aromatic rings. The zero-order valence-electron chi connectivity index (χ0n) is 19.7. The van der Waals surface area contributed by atoms with Gasteiger partial charge in [0.1, 0.15) is 5.75 Å². The zero-order valence-corrected chi connectivity index (χ0v) is 20.5. The van der Waals surface area contributed by atoms with Gasteiger partial charge in [0, 0.05) is 17.3 Å². The number of anilines is 1. The van der Waals surface area contributed by atoms with Gasteiger partial charge in [0.2, 0.25) is 6.79 Å². The number of rotatable bonds is 8. The summed E-state index contributed by atoms with van der Waals surface area (Å²) in [5, 5.41) is 9.59. The highest BCUT2D eigenvalue weighted by atomic mass is 35.5. The van der Waals surface area contributed by atoms with Crippen LogP contribution in [0.15, 0.2) is 65.8 Å². The molecule has 0 aliphatic carbocycles. The summed E-state index contributed by atoms with van der Waals surface area (Å²) in [5.74, 6) is -0.459. The third kappa shape index (κ3) is 7.21. The molecular formula is C26H23ClN4O6. The minimum Gasteiger partial charge on any atom is -0.484 e. The van der Waals surface area contributed by atoms with E-state index < -0.39 is 11.8 Å². The van der Waals surface area contributed by atoms with Gasteiger partial charge in [0.25, 0.3) is 5.91 Å². The fourth-order valence-corrected chi connectivity index (χ4v) is 3.45. The molecule has 10 nitrogen and oxygen atoms in total. The third-order valence-electron chi connectivity index (χ3n) is 5.18. The lowest BCUT2D eigenvalue weighted by Gasteiger charge is -2.10. The molecule has 190 valence electrons. The molecule has 0 bridgehead atoms. The number of benzene rings is 3. The molecule has 3 aromatic carbocycles. The highest BCUT2D eigenvalue weighted by Crippen LogP contribution is 2.32. The van der Waals surface area contributed by atoms with Crippen LogP contribution in [0.2, 0.25) is 5.02 Å². The number of hydrogen-bond acceptors (Lipinski definition) is 7. The molecule has 0 saturated heterocycles. The molecule has 1 aliphatic rings. The maximum absolute atomic E-state index is 12.2. The minimum absolute atomic E-state index is 0.135. The van der Waals surface area contributed by atoms with Crippen LogP contribution in [-0.2, 0) is 20.9 Å². The van der Waals surface area contributed by atoms with Crippen molar-refractivity contribution >= 4 is 41.2 Å². The average molecular weight is 523 g/mol. The molecule has 11 heteroatoms. The van der Waals surface area contributed by atoms with Gasteiger partial charge in [-0.1, -0.05) is 35.9 Å². The summed E-state index contributed by atoms with van der Waals surface area (Å²) in [7, 11) is 0. The van der Waals surface area contributed by atoms with E-state index in [1.165, 1.54) is 6.21 Å². The van der Waals surface area contributed by atoms with E-state index in [0.717, 1.165) is 11.1 Å². The Kier molecular flexibility index (Phi) is 8.22. The second kappa shape index (κ2) is 11.9. The first-order valence-electron chi connectivity index (χ1n) is 11.2. The van der Waals surface area contributed by atoms with E-state index in [1.807, 2.05) is 13.0 Å². The number of hydrazone groups is 1. The maximum atomic E-state index is 12.2. The predicted molar refractivity (Wildman–Crippen MR) is 137 cm³/mol. The van der Waals surface area contributed by atoms with Crippen LogP contribution in [0.1, 0.15) is 16.7 Å². The molecule has 0 saturated carbocycles. The standard InChI is InChI=1S/C26H23ClN4O6/c1-16-5-7-19(27)11-21(16)30-24(32)14-35-20-4-2-3-17(9-20)13-29-31-26(34)25(33)28-12-18-6-8-22-23(10-18)37-15-36-22/h2-11,13H,12,14-15H2,1H3,(H,28,33)(H,30,32)(H,31,34)/b29-13-. The van der Waals surface area contributed by atoms with Crippen molar-refractivity contribution in [1.82, 2.24) is 10.7 Å². The van der Waals surface area contributed by atoms with Crippen molar-refractivity contribution in [2.24, 2.45) is 5.10 Å². The summed E-state index contributed by atoms with van der Waals surface area (Å²) in [5.41, 5.74) is 5.00. The Morgan fingerprint density at radius 3 is 2.73 bits per heavy atom. The Hall–Kier alpha value is -4.57. The first-order chi connectivity index (χ1) is 17.9. The van der Waals surface area contributed by atoms with Crippen molar-refractivity contribution in [2.75, 3.05) is 18.7 Å². The van der Waals surface area contributed by atoms with Gasteiger partial charge < -0.3 is 24.8 Å². The van der Waals surface area contributed by atoms with Crippen LogP contribution < -0.4 is 30.3 Å². The molecule has 4 rings (SSSR count). The van der Waals surface area contributed by atoms with Gasteiger partial charge in [-0.15, -0.1) is 0 Å². The quantitative estimate of drug-likeness (QED) is 0.237.